The van der Waals surface area contributed by atoms with Crippen LogP contribution in [0.25, 0.3) is 21.6 Å². The molecule has 0 bridgehead atoms. The summed E-state index contributed by atoms with van der Waals surface area (Å²) in [6.07, 6.45) is 6.57. The normalized spacial score (nSPS) is 11.2. The molecule has 0 fully saturated rings. The number of thiophene rings is 1. The quantitative estimate of drug-likeness (QED) is 0.564. The highest BCUT2D eigenvalue weighted by Crippen LogP contribution is 2.27. The number of nitrogens with zero attached hydrogens (tertiary/aromatic N) is 4. The minimum atomic E-state index is 0.705. The van der Waals surface area contributed by atoms with E-state index in [1.165, 1.54) is 20.9 Å². The number of hydrogen-bond acceptors (Lipinski definition) is 5. The first-order valence-corrected chi connectivity index (χ1v) is 9.51. The van der Waals surface area contributed by atoms with Gasteiger partial charge in [0.25, 0.3) is 0 Å². The predicted molar refractivity (Wildman–Crippen MR) is 108 cm³/mol. The third-order valence-electron chi connectivity index (χ3n) is 4.53. The number of nitrogens with one attached hydrogen (secondary N) is 1. The van der Waals surface area contributed by atoms with Crippen molar-refractivity contribution in [1.82, 2.24) is 19.5 Å². The smallest absolute Gasteiger partial charge is 0.128 e. The molecule has 0 saturated carbocycles. The fourth-order valence-corrected chi connectivity index (χ4v) is 3.87. The molecular formula is C20H21N5S. The van der Waals surface area contributed by atoms with E-state index in [4.69, 9.17) is 0 Å². The largest absolute Gasteiger partial charge is 0.366 e. The van der Waals surface area contributed by atoms with E-state index in [1.54, 1.807) is 23.9 Å². The van der Waals surface area contributed by atoms with Crippen molar-refractivity contribution < 1.29 is 0 Å². The van der Waals surface area contributed by atoms with E-state index in [0.29, 0.717) is 6.54 Å². The van der Waals surface area contributed by atoms with E-state index >= 15 is 0 Å². The summed E-state index contributed by atoms with van der Waals surface area (Å²) in [6, 6.07) is 8.53. The van der Waals surface area contributed by atoms with Crippen molar-refractivity contribution in [3.05, 3.63) is 59.0 Å². The molecule has 0 atom stereocenters. The van der Waals surface area contributed by atoms with E-state index in [1.807, 2.05) is 23.9 Å². The summed E-state index contributed by atoms with van der Waals surface area (Å²) >= 11 is 1.78. The molecule has 1 N–H and O–H groups in total. The molecule has 0 aliphatic carbocycles. The Balaban J connectivity index is 1.56. The number of imidazole rings is 1. The van der Waals surface area contributed by atoms with Crippen LogP contribution in [0.15, 0.2) is 43.0 Å². The topological polar surface area (TPSA) is 55.6 Å². The van der Waals surface area contributed by atoms with Gasteiger partial charge in [0.15, 0.2) is 0 Å². The van der Waals surface area contributed by atoms with Crippen molar-refractivity contribution in [2.75, 3.05) is 5.32 Å². The lowest BCUT2D eigenvalue weighted by atomic mass is 10.1. The number of anilines is 1. The van der Waals surface area contributed by atoms with Crippen LogP contribution in [0.3, 0.4) is 0 Å². The summed E-state index contributed by atoms with van der Waals surface area (Å²) in [5.41, 5.74) is 5.55. The summed E-state index contributed by atoms with van der Waals surface area (Å²) in [4.78, 5) is 16.0. The highest BCUT2D eigenvalue weighted by molar-refractivity contribution is 7.15. The van der Waals surface area contributed by atoms with Gasteiger partial charge in [-0.05, 0) is 42.7 Å². The average Bonchev–Trinajstić information content (AvgIpc) is 3.26. The number of aryl methyl sites for hydroxylation is 3. The Morgan fingerprint density at radius 3 is 2.73 bits per heavy atom. The standard InChI is InChI=1S/C20H21N5S/c1-4-14-7-16(19-6-5-13(2)26-19)21-9-15(14)10-22-20-8-18-17(11-23-20)24-12-25(18)3/h5-9,11-12H,4,10H2,1-3H3,(H,22,23). The molecule has 0 amide bonds. The van der Waals surface area contributed by atoms with Crippen LogP contribution in [0.1, 0.15) is 22.9 Å². The Hall–Kier alpha value is -2.73. The fraction of sp³-hybridized carbons (Fsp3) is 0.250. The van der Waals surface area contributed by atoms with Crippen LogP contribution in [0.4, 0.5) is 5.82 Å². The second-order valence-electron chi connectivity index (χ2n) is 6.37. The van der Waals surface area contributed by atoms with Gasteiger partial charge in [-0.3, -0.25) is 4.98 Å². The molecule has 0 saturated heterocycles. The van der Waals surface area contributed by atoms with E-state index < -0.39 is 0 Å². The molecule has 4 rings (SSSR count). The van der Waals surface area contributed by atoms with E-state index in [2.05, 4.69) is 52.3 Å². The van der Waals surface area contributed by atoms with Crippen LogP contribution in [-0.2, 0) is 20.0 Å². The Morgan fingerprint density at radius 2 is 1.96 bits per heavy atom. The SMILES string of the molecule is CCc1cc(-c2ccc(C)s2)ncc1CNc1cc2c(cn1)ncn2C. The summed E-state index contributed by atoms with van der Waals surface area (Å²) in [5.74, 6) is 0.848. The molecule has 0 aromatic carbocycles. The van der Waals surface area contributed by atoms with Crippen LogP contribution < -0.4 is 5.32 Å². The molecule has 132 valence electrons. The Morgan fingerprint density at radius 1 is 1.08 bits per heavy atom. The van der Waals surface area contributed by atoms with Gasteiger partial charge in [-0.2, -0.15) is 0 Å². The van der Waals surface area contributed by atoms with Gasteiger partial charge in [0.2, 0.25) is 0 Å². The van der Waals surface area contributed by atoms with Gasteiger partial charge in [-0.15, -0.1) is 11.3 Å². The van der Waals surface area contributed by atoms with E-state index in [-0.39, 0.29) is 0 Å². The summed E-state index contributed by atoms with van der Waals surface area (Å²) in [6.45, 7) is 5.01. The summed E-state index contributed by atoms with van der Waals surface area (Å²) < 4.78 is 2.00. The Labute approximate surface area is 156 Å². The maximum Gasteiger partial charge on any atom is 0.128 e. The van der Waals surface area contributed by atoms with Crippen LogP contribution in [-0.4, -0.2) is 19.5 Å². The third kappa shape index (κ3) is 3.20. The van der Waals surface area contributed by atoms with Crippen molar-refractivity contribution in [2.24, 2.45) is 7.05 Å². The van der Waals surface area contributed by atoms with Crippen molar-refractivity contribution in [1.29, 1.82) is 0 Å². The zero-order valence-corrected chi connectivity index (χ0v) is 16.0. The maximum atomic E-state index is 4.67. The molecule has 0 radical (unpaired) electrons. The number of hydrogen-bond donors (Lipinski definition) is 1. The Bertz CT molecular complexity index is 1060. The summed E-state index contributed by atoms with van der Waals surface area (Å²) in [7, 11) is 1.99. The monoisotopic (exact) mass is 363 g/mol. The fourth-order valence-electron chi connectivity index (χ4n) is 3.03. The average molecular weight is 363 g/mol. The van der Waals surface area contributed by atoms with Crippen LogP contribution in [0.2, 0.25) is 0 Å². The van der Waals surface area contributed by atoms with Crippen molar-refractivity contribution in [2.45, 2.75) is 26.8 Å². The molecule has 4 aromatic heterocycles. The van der Waals surface area contributed by atoms with Gasteiger partial charge in [0.05, 0.1) is 28.6 Å². The second kappa shape index (κ2) is 6.88. The van der Waals surface area contributed by atoms with Gasteiger partial charge in [-0.25, -0.2) is 9.97 Å². The number of aromatic nitrogens is 4. The highest BCUT2D eigenvalue weighted by Gasteiger charge is 2.08. The zero-order valence-electron chi connectivity index (χ0n) is 15.2. The number of pyridine rings is 2. The second-order valence-corrected chi connectivity index (χ2v) is 7.66. The lowest BCUT2D eigenvalue weighted by Gasteiger charge is -2.11. The molecule has 6 heteroatoms. The van der Waals surface area contributed by atoms with Crippen LogP contribution >= 0.6 is 11.3 Å². The van der Waals surface area contributed by atoms with Crippen LogP contribution in [0, 0.1) is 6.92 Å². The molecule has 0 aliphatic heterocycles. The molecule has 26 heavy (non-hydrogen) atoms. The maximum absolute atomic E-state index is 4.67. The van der Waals surface area contributed by atoms with Gasteiger partial charge in [-0.1, -0.05) is 6.92 Å². The molecule has 0 aliphatic rings. The minimum absolute atomic E-state index is 0.705. The minimum Gasteiger partial charge on any atom is -0.366 e. The lowest BCUT2D eigenvalue weighted by Crippen LogP contribution is -2.05. The molecule has 0 spiro atoms. The van der Waals surface area contributed by atoms with Crippen molar-refractivity contribution >= 4 is 28.2 Å². The Kier molecular flexibility index (Phi) is 4.42. The molecule has 0 unspecified atom stereocenters. The molecule has 4 aromatic rings. The number of rotatable bonds is 5. The summed E-state index contributed by atoms with van der Waals surface area (Å²) in [5, 5.41) is 3.42. The van der Waals surface area contributed by atoms with Crippen molar-refractivity contribution in [3.8, 4) is 10.6 Å². The lowest BCUT2D eigenvalue weighted by molar-refractivity contribution is 0.946. The molecular weight excluding hydrogens is 342 g/mol. The first kappa shape index (κ1) is 16.7. The van der Waals surface area contributed by atoms with Gasteiger partial charge >= 0.3 is 0 Å². The first-order valence-electron chi connectivity index (χ1n) is 8.69. The van der Waals surface area contributed by atoms with Gasteiger partial charge in [0.1, 0.15) is 11.3 Å². The third-order valence-corrected chi connectivity index (χ3v) is 5.55. The molecule has 5 nitrogen and oxygen atoms in total. The zero-order chi connectivity index (χ0) is 18.1. The first-order chi connectivity index (χ1) is 12.6. The number of fused-ring (bicyclic) bond motifs is 1. The molecule has 4 heterocycles. The van der Waals surface area contributed by atoms with E-state index in [9.17, 15) is 0 Å². The van der Waals surface area contributed by atoms with E-state index in [0.717, 1.165) is 29.0 Å². The van der Waals surface area contributed by atoms with Gasteiger partial charge in [0, 0.05) is 30.7 Å². The predicted octanol–water partition coefficient (Wildman–Crippen LogP) is 4.57. The van der Waals surface area contributed by atoms with Gasteiger partial charge < -0.3 is 9.88 Å². The highest BCUT2D eigenvalue weighted by atomic mass is 32.1. The van der Waals surface area contributed by atoms with Crippen LogP contribution in [0.5, 0.6) is 0 Å². The van der Waals surface area contributed by atoms with Crippen molar-refractivity contribution in [3.63, 3.8) is 0 Å².